The number of nitrogens with one attached hydrogen (secondary N) is 1. The molecule has 0 atom stereocenters. The molecule has 2 aliphatic heterocycles. The molecule has 1 aromatic carbocycles. The van der Waals surface area contributed by atoms with Gasteiger partial charge in [0.25, 0.3) is 0 Å². The SMILES string of the molecule is COc1ccc(NC(=O)CN2CSCC2=O)cc1S(=O)(=O)N1CCCCC1. The minimum atomic E-state index is -3.71. The molecule has 2 heterocycles. The summed E-state index contributed by atoms with van der Waals surface area (Å²) in [7, 11) is -2.29. The minimum Gasteiger partial charge on any atom is -0.495 e. The molecular weight excluding hydrogens is 390 g/mol. The Morgan fingerprint density at radius 3 is 2.63 bits per heavy atom. The summed E-state index contributed by atoms with van der Waals surface area (Å²) in [5.41, 5.74) is 0.357. The summed E-state index contributed by atoms with van der Waals surface area (Å²) in [6, 6.07) is 4.54. The van der Waals surface area contributed by atoms with E-state index in [0.717, 1.165) is 19.3 Å². The van der Waals surface area contributed by atoms with E-state index in [4.69, 9.17) is 4.74 Å². The number of sulfonamides is 1. The molecule has 1 N–H and O–H groups in total. The lowest BCUT2D eigenvalue weighted by atomic mass is 10.2. The topological polar surface area (TPSA) is 96.0 Å². The highest BCUT2D eigenvalue weighted by Crippen LogP contribution is 2.31. The Labute approximate surface area is 163 Å². The molecule has 2 amide bonds. The van der Waals surface area contributed by atoms with Crippen LogP contribution in [0.2, 0.25) is 0 Å². The van der Waals surface area contributed by atoms with Gasteiger partial charge in [-0.1, -0.05) is 6.42 Å². The van der Waals surface area contributed by atoms with Gasteiger partial charge in [-0.3, -0.25) is 9.59 Å². The summed E-state index contributed by atoms with van der Waals surface area (Å²) in [6.07, 6.45) is 2.69. The maximum Gasteiger partial charge on any atom is 0.246 e. The first kappa shape index (κ1) is 20.0. The zero-order valence-electron chi connectivity index (χ0n) is 15.1. The van der Waals surface area contributed by atoms with Crippen LogP contribution < -0.4 is 10.1 Å². The lowest BCUT2D eigenvalue weighted by Crippen LogP contribution is -2.36. The monoisotopic (exact) mass is 413 g/mol. The van der Waals surface area contributed by atoms with Crippen molar-refractivity contribution in [2.24, 2.45) is 0 Å². The van der Waals surface area contributed by atoms with Gasteiger partial charge in [0.2, 0.25) is 21.8 Å². The number of benzene rings is 1. The Balaban J connectivity index is 1.78. The van der Waals surface area contributed by atoms with Gasteiger partial charge in [-0.25, -0.2) is 8.42 Å². The maximum absolute atomic E-state index is 13.0. The molecule has 10 heteroatoms. The molecule has 1 aromatic rings. The van der Waals surface area contributed by atoms with E-state index in [1.165, 1.54) is 40.2 Å². The predicted octanol–water partition coefficient (Wildman–Crippen LogP) is 1.34. The molecule has 0 aliphatic carbocycles. The molecule has 2 saturated heterocycles. The normalized spacial score (nSPS) is 18.6. The first-order valence-corrected chi connectivity index (χ1v) is 11.3. The number of nitrogens with zero attached hydrogens (tertiary/aromatic N) is 2. The third-order valence-corrected chi connectivity index (χ3v) is 7.41. The van der Waals surface area contributed by atoms with Crippen LogP contribution in [0.4, 0.5) is 5.69 Å². The average Bonchev–Trinajstić information content (AvgIpc) is 3.07. The fourth-order valence-corrected chi connectivity index (χ4v) is 5.72. The molecule has 0 saturated carbocycles. The average molecular weight is 414 g/mol. The van der Waals surface area contributed by atoms with Gasteiger partial charge in [0.05, 0.1) is 18.7 Å². The van der Waals surface area contributed by atoms with E-state index in [0.29, 0.717) is 30.4 Å². The van der Waals surface area contributed by atoms with Crippen LogP contribution in [0.1, 0.15) is 19.3 Å². The first-order chi connectivity index (χ1) is 12.9. The highest BCUT2D eigenvalue weighted by Gasteiger charge is 2.29. The highest BCUT2D eigenvalue weighted by molar-refractivity contribution is 8.00. The third-order valence-electron chi connectivity index (χ3n) is 4.54. The molecule has 2 aliphatic rings. The predicted molar refractivity (Wildman–Crippen MR) is 103 cm³/mol. The van der Waals surface area contributed by atoms with E-state index in [1.807, 2.05) is 0 Å². The molecule has 27 heavy (non-hydrogen) atoms. The molecular formula is C17H23N3O5S2. The number of anilines is 1. The summed E-state index contributed by atoms with van der Waals surface area (Å²) < 4.78 is 32.7. The minimum absolute atomic E-state index is 0.0394. The first-order valence-electron chi connectivity index (χ1n) is 8.75. The largest absolute Gasteiger partial charge is 0.495 e. The van der Waals surface area contributed by atoms with Crippen LogP contribution in [0.25, 0.3) is 0 Å². The van der Waals surface area contributed by atoms with Crippen molar-refractivity contribution in [1.82, 2.24) is 9.21 Å². The van der Waals surface area contributed by atoms with E-state index in [-0.39, 0.29) is 29.0 Å². The third kappa shape index (κ3) is 4.56. The molecule has 0 unspecified atom stereocenters. The maximum atomic E-state index is 13.0. The fraction of sp³-hybridized carbons (Fsp3) is 0.529. The quantitative estimate of drug-likeness (QED) is 0.756. The van der Waals surface area contributed by atoms with E-state index in [2.05, 4.69) is 5.32 Å². The second-order valence-corrected chi connectivity index (χ2v) is 9.31. The molecule has 0 aromatic heterocycles. The van der Waals surface area contributed by atoms with Gasteiger partial charge in [-0.2, -0.15) is 4.31 Å². The van der Waals surface area contributed by atoms with Gasteiger partial charge in [-0.15, -0.1) is 11.8 Å². The van der Waals surface area contributed by atoms with E-state index in [1.54, 1.807) is 6.07 Å². The summed E-state index contributed by atoms with van der Waals surface area (Å²) in [5.74, 6) is 0.678. The zero-order chi connectivity index (χ0) is 19.4. The Bertz CT molecular complexity index is 822. The Morgan fingerprint density at radius 2 is 2.00 bits per heavy atom. The molecule has 0 spiro atoms. The molecule has 2 fully saturated rings. The summed E-state index contributed by atoms with van der Waals surface area (Å²) in [6.45, 7) is 0.916. The number of amides is 2. The van der Waals surface area contributed by atoms with Gasteiger partial charge in [0.1, 0.15) is 17.2 Å². The van der Waals surface area contributed by atoms with Gasteiger partial charge >= 0.3 is 0 Å². The second kappa shape index (κ2) is 8.49. The van der Waals surface area contributed by atoms with Crippen LogP contribution in [0.15, 0.2) is 23.1 Å². The van der Waals surface area contributed by atoms with E-state index >= 15 is 0 Å². The number of carbonyl (C=O) groups is 2. The van der Waals surface area contributed by atoms with Crippen molar-refractivity contribution in [3.8, 4) is 5.75 Å². The van der Waals surface area contributed by atoms with Crippen molar-refractivity contribution in [3.63, 3.8) is 0 Å². The molecule has 3 rings (SSSR count). The van der Waals surface area contributed by atoms with E-state index in [9.17, 15) is 18.0 Å². The number of hydrogen-bond donors (Lipinski definition) is 1. The van der Waals surface area contributed by atoms with Crippen LogP contribution in [0.5, 0.6) is 5.75 Å². The standard InChI is InChI=1S/C17H23N3O5S2/c1-25-14-6-5-13(18-16(21)10-19-12-26-11-17(19)22)9-15(14)27(23,24)20-7-3-2-4-8-20/h5-6,9H,2-4,7-8,10-12H2,1H3,(H,18,21). The van der Waals surface area contributed by atoms with Gasteiger partial charge in [-0.05, 0) is 31.0 Å². The number of thioether (sulfide) groups is 1. The highest BCUT2D eigenvalue weighted by atomic mass is 32.2. The summed E-state index contributed by atoms with van der Waals surface area (Å²) in [5, 5.41) is 2.68. The zero-order valence-corrected chi connectivity index (χ0v) is 16.8. The van der Waals surface area contributed by atoms with Crippen molar-refractivity contribution >= 4 is 39.3 Å². The van der Waals surface area contributed by atoms with Gasteiger partial charge in [0.15, 0.2) is 0 Å². The Kier molecular flexibility index (Phi) is 6.28. The van der Waals surface area contributed by atoms with Crippen LogP contribution in [-0.2, 0) is 19.6 Å². The van der Waals surface area contributed by atoms with Crippen LogP contribution in [0, 0.1) is 0 Å². The smallest absolute Gasteiger partial charge is 0.246 e. The lowest BCUT2D eigenvalue weighted by Gasteiger charge is -2.26. The van der Waals surface area contributed by atoms with Gasteiger partial charge in [0, 0.05) is 18.8 Å². The van der Waals surface area contributed by atoms with Crippen LogP contribution >= 0.6 is 11.8 Å². The van der Waals surface area contributed by atoms with Gasteiger partial charge < -0.3 is 15.0 Å². The van der Waals surface area contributed by atoms with Crippen molar-refractivity contribution < 1.29 is 22.7 Å². The van der Waals surface area contributed by atoms with Crippen molar-refractivity contribution in [2.75, 3.05) is 43.7 Å². The lowest BCUT2D eigenvalue weighted by molar-refractivity contribution is -0.130. The molecule has 0 bridgehead atoms. The van der Waals surface area contributed by atoms with Crippen LogP contribution in [0.3, 0.4) is 0 Å². The number of ether oxygens (including phenoxy) is 1. The van der Waals surface area contributed by atoms with Crippen molar-refractivity contribution in [2.45, 2.75) is 24.2 Å². The number of methoxy groups -OCH3 is 1. The Hall–Kier alpha value is -1.78. The fourth-order valence-electron chi connectivity index (χ4n) is 3.11. The number of hydrogen-bond acceptors (Lipinski definition) is 6. The number of piperidine rings is 1. The number of rotatable bonds is 6. The number of carbonyl (C=O) groups excluding carboxylic acids is 2. The molecule has 148 valence electrons. The summed E-state index contributed by atoms with van der Waals surface area (Å²) >= 11 is 1.46. The van der Waals surface area contributed by atoms with Crippen LogP contribution in [-0.4, -0.2) is 67.8 Å². The van der Waals surface area contributed by atoms with E-state index < -0.39 is 10.0 Å². The molecule has 8 nitrogen and oxygen atoms in total. The van der Waals surface area contributed by atoms with Crippen molar-refractivity contribution in [1.29, 1.82) is 0 Å². The molecule has 0 radical (unpaired) electrons. The van der Waals surface area contributed by atoms with Crippen molar-refractivity contribution in [3.05, 3.63) is 18.2 Å². The summed E-state index contributed by atoms with van der Waals surface area (Å²) in [4.78, 5) is 25.4. The Morgan fingerprint density at radius 1 is 1.26 bits per heavy atom. The second-order valence-electron chi connectivity index (χ2n) is 6.45.